The monoisotopic (exact) mass is 194 g/mol. The van der Waals surface area contributed by atoms with Gasteiger partial charge in [-0.1, -0.05) is 18.2 Å². The maximum atomic E-state index is 10.9. The molecule has 0 amide bonds. The first-order valence-electron chi connectivity index (χ1n) is 5.05. The Morgan fingerprint density at radius 2 is 2.29 bits per heavy atom. The molecule has 1 rings (SSSR count). The van der Waals surface area contributed by atoms with Crippen LogP contribution in [0.4, 0.5) is 0 Å². The van der Waals surface area contributed by atoms with Crippen molar-refractivity contribution in [3.63, 3.8) is 0 Å². The zero-order valence-corrected chi connectivity index (χ0v) is 8.92. The number of hydrogen-bond donors (Lipinski definition) is 1. The lowest BCUT2D eigenvalue weighted by molar-refractivity contribution is -0.123. The van der Waals surface area contributed by atoms with Gasteiger partial charge in [-0.2, -0.15) is 0 Å². The van der Waals surface area contributed by atoms with Gasteiger partial charge in [-0.15, -0.1) is 0 Å². The van der Waals surface area contributed by atoms with E-state index in [1.54, 1.807) is 0 Å². The van der Waals surface area contributed by atoms with Gasteiger partial charge in [0.15, 0.2) is 5.78 Å². The maximum absolute atomic E-state index is 10.9. The maximum Gasteiger partial charge on any atom is 0.162 e. The number of rotatable bonds is 3. The fraction of sp³-hybridized carbons (Fsp3) is 0.583. The molecular formula is C12H18O2. The highest BCUT2D eigenvalue weighted by Gasteiger charge is 2.21. The van der Waals surface area contributed by atoms with Crippen LogP contribution in [0.3, 0.4) is 0 Å². The van der Waals surface area contributed by atoms with Gasteiger partial charge in [0.1, 0.15) is 6.10 Å². The molecule has 0 aromatic heterocycles. The van der Waals surface area contributed by atoms with Crippen molar-refractivity contribution in [2.24, 2.45) is 5.92 Å². The minimum Gasteiger partial charge on any atom is -0.381 e. The fourth-order valence-corrected chi connectivity index (χ4v) is 1.81. The number of aliphatic hydroxyl groups excluding tert-OH is 1. The van der Waals surface area contributed by atoms with E-state index in [0.29, 0.717) is 5.92 Å². The van der Waals surface area contributed by atoms with E-state index in [9.17, 15) is 9.90 Å². The number of hydrogen-bond acceptors (Lipinski definition) is 2. The normalized spacial score (nSPS) is 23.9. The minimum absolute atomic E-state index is 0.162. The topological polar surface area (TPSA) is 37.3 Å². The molecular weight excluding hydrogens is 176 g/mol. The summed E-state index contributed by atoms with van der Waals surface area (Å²) in [6, 6.07) is 0. The van der Waals surface area contributed by atoms with Crippen molar-refractivity contribution in [1.29, 1.82) is 0 Å². The van der Waals surface area contributed by atoms with Gasteiger partial charge in [-0.25, -0.2) is 0 Å². The number of aliphatic hydroxyl groups is 1. The standard InChI is InChI=1S/C12H18O2/c1-8(2)10-4-6-11(7-5-10)12(14)9(3)13/h6,10,12,14H,1,4-5,7H2,2-3H3/t10-,12-/m1/s1. The lowest BCUT2D eigenvalue weighted by atomic mass is 9.83. The quantitative estimate of drug-likeness (QED) is 0.699. The summed E-state index contributed by atoms with van der Waals surface area (Å²) in [6.07, 6.45) is 3.86. The molecule has 1 aliphatic rings. The van der Waals surface area contributed by atoms with Crippen LogP contribution in [0.2, 0.25) is 0 Å². The molecule has 0 saturated heterocycles. The van der Waals surface area contributed by atoms with Gasteiger partial charge < -0.3 is 5.11 Å². The Morgan fingerprint density at radius 1 is 1.64 bits per heavy atom. The molecule has 14 heavy (non-hydrogen) atoms. The first-order chi connectivity index (χ1) is 6.52. The molecule has 1 N–H and O–H groups in total. The highest BCUT2D eigenvalue weighted by Crippen LogP contribution is 2.29. The van der Waals surface area contributed by atoms with Crippen molar-refractivity contribution >= 4 is 5.78 Å². The Balaban J connectivity index is 2.61. The zero-order chi connectivity index (χ0) is 10.7. The van der Waals surface area contributed by atoms with Crippen molar-refractivity contribution in [3.05, 3.63) is 23.8 Å². The molecule has 0 spiro atoms. The molecule has 0 radical (unpaired) electrons. The number of carbonyl (C=O) groups is 1. The van der Waals surface area contributed by atoms with Crippen LogP contribution in [0.1, 0.15) is 33.1 Å². The molecule has 0 saturated carbocycles. The number of allylic oxidation sites excluding steroid dienone is 2. The summed E-state index contributed by atoms with van der Waals surface area (Å²) in [6.45, 7) is 7.38. The Morgan fingerprint density at radius 3 is 2.64 bits per heavy atom. The predicted molar refractivity (Wildman–Crippen MR) is 56.9 cm³/mol. The molecule has 0 heterocycles. The first kappa shape index (κ1) is 11.2. The van der Waals surface area contributed by atoms with Gasteiger partial charge in [0.05, 0.1) is 0 Å². The van der Waals surface area contributed by atoms with Gasteiger partial charge in [0.25, 0.3) is 0 Å². The molecule has 0 aliphatic heterocycles. The van der Waals surface area contributed by atoms with Crippen molar-refractivity contribution in [2.75, 3.05) is 0 Å². The zero-order valence-electron chi connectivity index (χ0n) is 8.92. The molecule has 2 nitrogen and oxygen atoms in total. The molecule has 0 unspecified atom stereocenters. The van der Waals surface area contributed by atoms with Gasteiger partial charge in [0.2, 0.25) is 0 Å². The third kappa shape index (κ3) is 2.55. The second-order valence-electron chi connectivity index (χ2n) is 4.11. The van der Waals surface area contributed by atoms with E-state index in [2.05, 4.69) is 6.58 Å². The van der Waals surface area contributed by atoms with Crippen molar-refractivity contribution in [1.82, 2.24) is 0 Å². The third-order valence-electron chi connectivity index (χ3n) is 2.88. The van der Waals surface area contributed by atoms with Crippen LogP contribution in [0.5, 0.6) is 0 Å². The number of ketones is 1. The average molecular weight is 194 g/mol. The molecule has 2 heteroatoms. The van der Waals surface area contributed by atoms with E-state index in [4.69, 9.17) is 0 Å². The lowest BCUT2D eigenvalue weighted by Crippen LogP contribution is -2.22. The van der Waals surface area contributed by atoms with Crippen LogP contribution in [0.25, 0.3) is 0 Å². The van der Waals surface area contributed by atoms with E-state index in [1.165, 1.54) is 12.5 Å². The van der Waals surface area contributed by atoms with Crippen molar-refractivity contribution in [2.45, 2.75) is 39.2 Å². The van der Waals surface area contributed by atoms with Crippen LogP contribution < -0.4 is 0 Å². The van der Waals surface area contributed by atoms with Crippen LogP contribution >= 0.6 is 0 Å². The Bertz CT molecular complexity index is 276. The summed E-state index contributed by atoms with van der Waals surface area (Å²) in [5, 5.41) is 9.54. The van der Waals surface area contributed by atoms with Gasteiger partial charge in [-0.3, -0.25) is 4.79 Å². The highest BCUT2D eigenvalue weighted by molar-refractivity contribution is 5.83. The SMILES string of the molecule is C=C(C)[C@@H]1CC=C([C@H](O)C(C)=O)CC1. The van der Waals surface area contributed by atoms with Gasteiger partial charge in [-0.05, 0) is 44.6 Å². The first-order valence-corrected chi connectivity index (χ1v) is 5.05. The van der Waals surface area contributed by atoms with Crippen LogP contribution in [0.15, 0.2) is 23.8 Å². The van der Waals surface area contributed by atoms with Crippen molar-refractivity contribution < 1.29 is 9.90 Å². The summed E-state index contributed by atoms with van der Waals surface area (Å²) < 4.78 is 0. The molecule has 2 atom stereocenters. The second kappa shape index (κ2) is 4.56. The second-order valence-corrected chi connectivity index (χ2v) is 4.11. The molecule has 1 aliphatic carbocycles. The Hall–Kier alpha value is -0.890. The summed E-state index contributed by atoms with van der Waals surface area (Å²) in [5.41, 5.74) is 2.08. The Labute approximate surface area is 85.3 Å². The average Bonchev–Trinajstić information content (AvgIpc) is 2.16. The summed E-state index contributed by atoms with van der Waals surface area (Å²) in [4.78, 5) is 10.9. The smallest absolute Gasteiger partial charge is 0.162 e. The van der Waals surface area contributed by atoms with Gasteiger partial charge in [0, 0.05) is 0 Å². The number of Topliss-reactive ketones (excluding diaryl/α,β-unsaturated/α-hetero) is 1. The lowest BCUT2D eigenvalue weighted by Gasteiger charge is -2.23. The molecule has 0 bridgehead atoms. The van der Waals surface area contributed by atoms with Crippen LogP contribution in [-0.2, 0) is 4.79 Å². The minimum atomic E-state index is -0.874. The largest absolute Gasteiger partial charge is 0.381 e. The molecule has 0 fully saturated rings. The Kier molecular flexibility index (Phi) is 3.64. The van der Waals surface area contributed by atoms with E-state index in [1.807, 2.05) is 13.0 Å². The van der Waals surface area contributed by atoms with E-state index in [-0.39, 0.29) is 5.78 Å². The van der Waals surface area contributed by atoms with Crippen LogP contribution in [0, 0.1) is 5.92 Å². The summed E-state index contributed by atoms with van der Waals surface area (Å²) >= 11 is 0. The van der Waals surface area contributed by atoms with Gasteiger partial charge >= 0.3 is 0 Å². The molecule has 78 valence electrons. The van der Waals surface area contributed by atoms with E-state index in [0.717, 1.165) is 24.8 Å². The van der Waals surface area contributed by atoms with Crippen LogP contribution in [-0.4, -0.2) is 17.0 Å². The van der Waals surface area contributed by atoms with Crippen molar-refractivity contribution in [3.8, 4) is 0 Å². The van der Waals surface area contributed by atoms with E-state index >= 15 is 0 Å². The predicted octanol–water partition coefficient (Wildman–Crippen LogP) is 2.24. The number of carbonyl (C=O) groups excluding carboxylic acids is 1. The fourth-order valence-electron chi connectivity index (χ4n) is 1.81. The van der Waals surface area contributed by atoms with E-state index < -0.39 is 6.10 Å². The summed E-state index contributed by atoms with van der Waals surface area (Å²) in [7, 11) is 0. The molecule has 0 aromatic carbocycles. The third-order valence-corrected chi connectivity index (χ3v) is 2.88. The highest BCUT2D eigenvalue weighted by atomic mass is 16.3. The molecule has 0 aromatic rings. The summed E-state index contributed by atoms with van der Waals surface area (Å²) in [5.74, 6) is 0.364.